The number of fused-ring (bicyclic) bond motifs is 2. The number of aromatic nitrogens is 2. The van der Waals surface area contributed by atoms with Gasteiger partial charge < -0.3 is 9.88 Å². The minimum absolute atomic E-state index is 0.335. The van der Waals surface area contributed by atoms with Crippen molar-refractivity contribution in [3.8, 4) is 0 Å². The van der Waals surface area contributed by atoms with Gasteiger partial charge in [-0.25, -0.2) is 4.98 Å². The lowest BCUT2D eigenvalue weighted by atomic mass is 9.90. The van der Waals surface area contributed by atoms with Crippen LogP contribution in [0, 0.1) is 0 Å². The third-order valence-electron chi connectivity index (χ3n) is 4.41. The minimum atomic E-state index is 0.335. The molecule has 1 atom stereocenters. The number of benzene rings is 2. The first-order chi connectivity index (χ1) is 10.4. The van der Waals surface area contributed by atoms with E-state index in [1.807, 2.05) is 0 Å². The van der Waals surface area contributed by atoms with Gasteiger partial charge in [0.2, 0.25) is 0 Å². The standard InChI is InChI=1S/C18H19N3/c1-2-21-17-10-6-5-9-16(17)20-18(21)15-12-19-11-13-7-3-4-8-14(13)15/h3-10,15,19H,2,11-12H2,1H3. The van der Waals surface area contributed by atoms with Crippen LogP contribution in [0.15, 0.2) is 48.5 Å². The predicted molar refractivity (Wildman–Crippen MR) is 85.4 cm³/mol. The van der Waals surface area contributed by atoms with Gasteiger partial charge in [-0.1, -0.05) is 36.4 Å². The van der Waals surface area contributed by atoms with Gasteiger partial charge >= 0.3 is 0 Å². The Hall–Kier alpha value is -2.13. The molecule has 0 aliphatic carbocycles. The largest absolute Gasteiger partial charge is 0.328 e. The zero-order chi connectivity index (χ0) is 14.2. The Balaban J connectivity index is 1.91. The van der Waals surface area contributed by atoms with Gasteiger partial charge in [0.1, 0.15) is 5.82 Å². The Bertz CT molecular complexity index is 788. The van der Waals surface area contributed by atoms with Gasteiger partial charge in [-0.15, -0.1) is 0 Å². The number of hydrogen-bond acceptors (Lipinski definition) is 2. The van der Waals surface area contributed by atoms with E-state index in [1.165, 1.54) is 22.5 Å². The molecule has 1 aromatic heterocycles. The summed E-state index contributed by atoms with van der Waals surface area (Å²) in [6.45, 7) is 5.06. The normalized spacial score (nSPS) is 17.9. The van der Waals surface area contributed by atoms with Crippen molar-refractivity contribution in [2.45, 2.75) is 25.9 Å². The van der Waals surface area contributed by atoms with Crippen LogP contribution in [-0.2, 0) is 13.1 Å². The highest BCUT2D eigenvalue weighted by atomic mass is 15.1. The zero-order valence-electron chi connectivity index (χ0n) is 12.2. The van der Waals surface area contributed by atoms with Gasteiger partial charge in [0, 0.05) is 19.6 Å². The smallest absolute Gasteiger partial charge is 0.118 e. The number of aryl methyl sites for hydroxylation is 1. The highest BCUT2D eigenvalue weighted by Gasteiger charge is 2.25. The molecule has 0 bridgehead atoms. The SMILES string of the molecule is CCn1c(C2CNCc3ccccc32)nc2ccccc21. The Labute approximate surface area is 124 Å². The fourth-order valence-electron chi connectivity index (χ4n) is 3.42. The van der Waals surface area contributed by atoms with E-state index in [0.29, 0.717) is 5.92 Å². The fourth-order valence-corrected chi connectivity index (χ4v) is 3.42. The summed E-state index contributed by atoms with van der Waals surface area (Å²) in [6.07, 6.45) is 0. The first-order valence-corrected chi connectivity index (χ1v) is 7.62. The van der Waals surface area contributed by atoms with Crippen LogP contribution in [-0.4, -0.2) is 16.1 Å². The molecule has 0 spiro atoms. The van der Waals surface area contributed by atoms with E-state index >= 15 is 0 Å². The van der Waals surface area contributed by atoms with E-state index in [0.717, 1.165) is 25.2 Å². The lowest BCUT2D eigenvalue weighted by Crippen LogP contribution is -2.30. The van der Waals surface area contributed by atoms with Gasteiger partial charge in [-0.2, -0.15) is 0 Å². The number of nitrogens with zero attached hydrogens (tertiary/aromatic N) is 2. The van der Waals surface area contributed by atoms with Crippen LogP contribution < -0.4 is 5.32 Å². The molecule has 3 nitrogen and oxygen atoms in total. The number of para-hydroxylation sites is 2. The van der Waals surface area contributed by atoms with Gasteiger partial charge in [0.25, 0.3) is 0 Å². The van der Waals surface area contributed by atoms with E-state index < -0.39 is 0 Å². The van der Waals surface area contributed by atoms with Crippen molar-refractivity contribution in [1.29, 1.82) is 0 Å². The average molecular weight is 277 g/mol. The minimum Gasteiger partial charge on any atom is -0.328 e. The number of rotatable bonds is 2. The summed E-state index contributed by atoms with van der Waals surface area (Å²) in [5.74, 6) is 1.51. The third kappa shape index (κ3) is 1.96. The molecule has 106 valence electrons. The molecule has 0 amide bonds. The second-order valence-corrected chi connectivity index (χ2v) is 5.59. The molecule has 1 N–H and O–H groups in total. The predicted octanol–water partition coefficient (Wildman–Crippen LogP) is 3.29. The van der Waals surface area contributed by atoms with E-state index in [-0.39, 0.29) is 0 Å². The Morgan fingerprint density at radius 1 is 1.14 bits per heavy atom. The molecule has 3 aromatic rings. The van der Waals surface area contributed by atoms with E-state index in [1.54, 1.807) is 0 Å². The summed E-state index contributed by atoms with van der Waals surface area (Å²) in [7, 11) is 0. The molecular weight excluding hydrogens is 258 g/mol. The van der Waals surface area contributed by atoms with Crippen LogP contribution in [0.1, 0.15) is 29.8 Å². The Morgan fingerprint density at radius 3 is 2.86 bits per heavy atom. The molecule has 2 aromatic carbocycles. The van der Waals surface area contributed by atoms with Crippen molar-refractivity contribution in [2.24, 2.45) is 0 Å². The molecule has 1 aliphatic heterocycles. The van der Waals surface area contributed by atoms with Crippen LogP contribution in [0.4, 0.5) is 0 Å². The molecule has 1 unspecified atom stereocenters. The maximum absolute atomic E-state index is 4.93. The zero-order valence-corrected chi connectivity index (χ0v) is 12.2. The van der Waals surface area contributed by atoms with Crippen molar-refractivity contribution >= 4 is 11.0 Å². The van der Waals surface area contributed by atoms with Crippen LogP contribution in [0.2, 0.25) is 0 Å². The Kier molecular flexibility index (Phi) is 3.00. The molecule has 0 saturated carbocycles. The second-order valence-electron chi connectivity index (χ2n) is 5.59. The number of nitrogens with one attached hydrogen (secondary N) is 1. The first-order valence-electron chi connectivity index (χ1n) is 7.62. The topological polar surface area (TPSA) is 29.9 Å². The molecule has 2 heterocycles. The lowest BCUT2D eigenvalue weighted by Gasteiger charge is -2.26. The maximum atomic E-state index is 4.93. The third-order valence-corrected chi connectivity index (χ3v) is 4.41. The average Bonchev–Trinajstić information content (AvgIpc) is 2.92. The van der Waals surface area contributed by atoms with Gasteiger partial charge in [0.05, 0.1) is 17.0 Å². The van der Waals surface area contributed by atoms with Crippen molar-refractivity contribution in [3.05, 3.63) is 65.5 Å². The second kappa shape index (κ2) is 5.01. The van der Waals surface area contributed by atoms with Crippen molar-refractivity contribution in [1.82, 2.24) is 14.9 Å². The summed E-state index contributed by atoms with van der Waals surface area (Å²) in [5.41, 5.74) is 5.14. The summed E-state index contributed by atoms with van der Waals surface area (Å²) < 4.78 is 2.35. The molecular formula is C18H19N3. The molecule has 3 heteroatoms. The van der Waals surface area contributed by atoms with E-state index in [2.05, 4.69) is 65.3 Å². The first kappa shape index (κ1) is 12.6. The van der Waals surface area contributed by atoms with Gasteiger partial charge in [-0.05, 0) is 30.2 Å². The van der Waals surface area contributed by atoms with Crippen LogP contribution in [0.25, 0.3) is 11.0 Å². The fraction of sp³-hybridized carbons (Fsp3) is 0.278. The number of hydrogen-bond donors (Lipinski definition) is 1. The van der Waals surface area contributed by atoms with Crippen LogP contribution >= 0.6 is 0 Å². The van der Waals surface area contributed by atoms with E-state index in [4.69, 9.17) is 4.98 Å². The summed E-state index contributed by atoms with van der Waals surface area (Å²) in [4.78, 5) is 4.93. The molecule has 0 saturated heterocycles. The van der Waals surface area contributed by atoms with Crippen molar-refractivity contribution in [2.75, 3.05) is 6.54 Å². The lowest BCUT2D eigenvalue weighted by molar-refractivity contribution is 0.551. The van der Waals surface area contributed by atoms with Crippen molar-refractivity contribution in [3.63, 3.8) is 0 Å². The van der Waals surface area contributed by atoms with E-state index in [9.17, 15) is 0 Å². The van der Waals surface area contributed by atoms with Crippen LogP contribution in [0.5, 0.6) is 0 Å². The molecule has 0 radical (unpaired) electrons. The molecule has 0 fully saturated rings. The highest BCUT2D eigenvalue weighted by molar-refractivity contribution is 5.76. The summed E-state index contributed by atoms with van der Waals surface area (Å²) in [6, 6.07) is 17.1. The van der Waals surface area contributed by atoms with Crippen molar-refractivity contribution < 1.29 is 0 Å². The summed E-state index contributed by atoms with van der Waals surface area (Å²) in [5, 5.41) is 3.53. The maximum Gasteiger partial charge on any atom is 0.118 e. The molecule has 1 aliphatic rings. The summed E-state index contributed by atoms with van der Waals surface area (Å²) >= 11 is 0. The quantitative estimate of drug-likeness (QED) is 0.779. The Morgan fingerprint density at radius 2 is 1.95 bits per heavy atom. The highest BCUT2D eigenvalue weighted by Crippen LogP contribution is 2.31. The van der Waals surface area contributed by atoms with Crippen LogP contribution in [0.3, 0.4) is 0 Å². The van der Waals surface area contributed by atoms with Gasteiger partial charge in [-0.3, -0.25) is 0 Å². The molecule has 4 rings (SSSR count). The number of imidazole rings is 1. The molecule has 21 heavy (non-hydrogen) atoms. The van der Waals surface area contributed by atoms with Gasteiger partial charge in [0.15, 0.2) is 0 Å². The monoisotopic (exact) mass is 277 g/mol.